The van der Waals surface area contributed by atoms with Crippen molar-refractivity contribution in [1.82, 2.24) is 10.2 Å². The first-order valence-corrected chi connectivity index (χ1v) is 9.07. The summed E-state index contributed by atoms with van der Waals surface area (Å²) in [6, 6.07) is -2.47. The van der Waals surface area contributed by atoms with Gasteiger partial charge in [-0.3, -0.25) is 9.59 Å². The van der Waals surface area contributed by atoms with Gasteiger partial charge in [-0.25, -0.2) is 8.42 Å². The van der Waals surface area contributed by atoms with E-state index in [1.54, 1.807) is 13.8 Å². The summed E-state index contributed by atoms with van der Waals surface area (Å²) in [5, 5.41) is 12.6. The number of sulfone groups is 1. The van der Waals surface area contributed by atoms with Gasteiger partial charge in [-0.15, -0.1) is 0 Å². The Labute approximate surface area is 135 Å². The normalized spacial score (nSPS) is 30.1. The van der Waals surface area contributed by atoms with Crippen LogP contribution in [0.2, 0.25) is 0 Å². The Hall–Kier alpha value is -1.64. The van der Waals surface area contributed by atoms with E-state index in [2.05, 4.69) is 5.32 Å². The molecule has 4 atom stereocenters. The number of fused-ring (bicyclic) bond motifs is 1. The number of aliphatic carboxylic acids is 1. The first-order valence-electron chi connectivity index (χ1n) is 7.52. The second kappa shape index (κ2) is 5.47. The second-order valence-electron chi connectivity index (χ2n) is 6.70. The fourth-order valence-electron chi connectivity index (χ4n) is 3.16. The lowest BCUT2D eigenvalue weighted by Crippen LogP contribution is -2.62. The van der Waals surface area contributed by atoms with Crippen LogP contribution in [0.1, 0.15) is 40.5 Å². The monoisotopic (exact) mass is 345 g/mol. The fraction of sp³-hybridized carbons (Fsp3) is 0.786. The molecular formula is C14H21N2O6S-. The lowest BCUT2D eigenvalue weighted by molar-refractivity contribution is -0.309. The number of carboxylic acids is 1. The summed E-state index contributed by atoms with van der Waals surface area (Å²) in [5.74, 6) is -3.01. The third-order valence-corrected chi connectivity index (χ3v) is 7.79. The molecule has 0 radical (unpaired) electrons. The van der Waals surface area contributed by atoms with Crippen molar-refractivity contribution in [3.8, 4) is 0 Å². The van der Waals surface area contributed by atoms with E-state index in [4.69, 9.17) is 0 Å². The maximum absolute atomic E-state index is 12.6. The predicted molar refractivity (Wildman–Crippen MR) is 78.4 cm³/mol. The van der Waals surface area contributed by atoms with Gasteiger partial charge in [0.1, 0.15) is 11.4 Å². The van der Waals surface area contributed by atoms with Crippen LogP contribution < -0.4 is 10.4 Å². The van der Waals surface area contributed by atoms with Crippen molar-refractivity contribution >= 4 is 27.6 Å². The minimum Gasteiger partial charge on any atom is -0.548 e. The van der Waals surface area contributed by atoms with Crippen molar-refractivity contribution in [3.05, 3.63) is 0 Å². The molecule has 0 unspecified atom stereocenters. The number of carbonyl (C=O) groups excluding carboxylic acids is 3. The lowest BCUT2D eigenvalue weighted by atomic mass is 9.95. The molecule has 2 fully saturated rings. The molecule has 0 bridgehead atoms. The highest BCUT2D eigenvalue weighted by Crippen LogP contribution is 2.45. The van der Waals surface area contributed by atoms with Crippen LogP contribution in [0.3, 0.4) is 0 Å². The van der Waals surface area contributed by atoms with Crippen LogP contribution in [0.4, 0.5) is 0 Å². The summed E-state index contributed by atoms with van der Waals surface area (Å²) in [4.78, 5) is 36.6. The van der Waals surface area contributed by atoms with Crippen molar-refractivity contribution in [2.75, 3.05) is 0 Å². The van der Waals surface area contributed by atoms with Gasteiger partial charge in [0, 0.05) is 0 Å². The Morgan fingerprint density at radius 1 is 1.43 bits per heavy atom. The van der Waals surface area contributed by atoms with Crippen LogP contribution in [0.5, 0.6) is 0 Å². The summed E-state index contributed by atoms with van der Waals surface area (Å²) in [6.07, 6.45) is 0.362. The first-order chi connectivity index (χ1) is 10.5. The zero-order valence-corrected chi connectivity index (χ0v) is 14.3. The van der Waals surface area contributed by atoms with E-state index in [1.165, 1.54) is 13.8 Å². The van der Waals surface area contributed by atoms with Crippen LogP contribution in [0.25, 0.3) is 0 Å². The molecule has 0 spiro atoms. The largest absolute Gasteiger partial charge is 0.548 e. The smallest absolute Gasteiger partial charge is 0.245 e. The third kappa shape index (κ3) is 2.41. The quantitative estimate of drug-likeness (QED) is 0.599. The van der Waals surface area contributed by atoms with Gasteiger partial charge in [-0.2, -0.15) is 0 Å². The van der Waals surface area contributed by atoms with Crippen LogP contribution >= 0.6 is 0 Å². The molecule has 9 heteroatoms. The number of carboxylic acid groups (broad SMARTS) is 1. The summed E-state index contributed by atoms with van der Waals surface area (Å²) in [5.41, 5.74) is 0. The number of hydrogen-bond acceptors (Lipinski definition) is 6. The molecule has 8 nitrogen and oxygen atoms in total. The van der Waals surface area contributed by atoms with Gasteiger partial charge in [-0.05, 0) is 19.8 Å². The fourth-order valence-corrected chi connectivity index (χ4v) is 5.29. The van der Waals surface area contributed by atoms with Gasteiger partial charge in [0.05, 0.1) is 23.2 Å². The molecule has 2 saturated heterocycles. The Bertz CT molecular complexity index is 656. The molecule has 2 heterocycles. The highest BCUT2D eigenvalue weighted by molar-refractivity contribution is 7.93. The van der Waals surface area contributed by atoms with Crippen molar-refractivity contribution in [2.24, 2.45) is 5.92 Å². The average molecular weight is 345 g/mol. The highest BCUT2D eigenvalue weighted by Gasteiger charge is 2.67. The summed E-state index contributed by atoms with van der Waals surface area (Å²) in [6.45, 7) is 6.19. The van der Waals surface area contributed by atoms with E-state index in [0.29, 0.717) is 6.42 Å². The molecular weight excluding hydrogens is 324 g/mol. The molecule has 1 N–H and O–H groups in total. The molecule has 0 aromatic carbocycles. The maximum atomic E-state index is 12.6. The molecule has 0 aliphatic carbocycles. The number of rotatable bonds is 5. The summed E-state index contributed by atoms with van der Waals surface area (Å²) in [7, 11) is -3.69. The molecule has 2 aliphatic heterocycles. The molecule has 0 aromatic heterocycles. The SMILES string of the molecule is CC[C@@H](C)[C@H](NC(=O)[C@@H]1N2C(=O)C[C@H]2S(=O)(=O)C1(C)C)C(=O)[O-]. The molecule has 0 saturated carbocycles. The molecule has 130 valence electrons. The molecule has 2 rings (SSSR count). The second-order valence-corrected chi connectivity index (χ2v) is 9.39. The minimum absolute atomic E-state index is 0.134. The van der Waals surface area contributed by atoms with E-state index in [0.717, 1.165) is 4.90 Å². The van der Waals surface area contributed by atoms with Gasteiger partial charge < -0.3 is 20.1 Å². The third-order valence-electron chi connectivity index (χ3n) is 4.99. The number of hydrogen-bond donors (Lipinski definition) is 1. The molecule has 2 aliphatic rings. The van der Waals surface area contributed by atoms with Gasteiger partial charge >= 0.3 is 0 Å². The predicted octanol–water partition coefficient (Wildman–Crippen LogP) is -1.60. The van der Waals surface area contributed by atoms with Crippen molar-refractivity contribution in [1.29, 1.82) is 0 Å². The standard InChI is InChI=1S/C14H22N2O6S/c1-5-7(2)10(13(19)20)15-12(18)11-14(3,4)23(21,22)9-6-8(17)16(9)11/h7,9-11H,5-6H2,1-4H3,(H,15,18)(H,19,20)/p-1/t7-,9-,10+,11+/m1/s1. The zero-order valence-electron chi connectivity index (χ0n) is 13.5. The minimum atomic E-state index is -3.69. The topological polar surface area (TPSA) is 124 Å². The average Bonchev–Trinajstić information content (AvgIpc) is 2.57. The molecule has 23 heavy (non-hydrogen) atoms. The number of carbonyl (C=O) groups is 3. The summed E-state index contributed by atoms with van der Waals surface area (Å²) >= 11 is 0. The molecule has 2 amide bonds. The zero-order chi connectivity index (χ0) is 17.7. The Morgan fingerprint density at radius 2 is 2.00 bits per heavy atom. The number of nitrogens with one attached hydrogen (secondary N) is 1. The highest BCUT2D eigenvalue weighted by atomic mass is 32.2. The van der Waals surface area contributed by atoms with Crippen LogP contribution in [0, 0.1) is 5.92 Å². The number of amides is 2. The van der Waals surface area contributed by atoms with E-state index < -0.39 is 49.8 Å². The number of nitrogens with zero attached hydrogens (tertiary/aromatic N) is 1. The van der Waals surface area contributed by atoms with Gasteiger partial charge in [0.15, 0.2) is 9.84 Å². The van der Waals surface area contributed by atoms with Crippen molar-refractivity contribution in [2.45, 2.75) is 62.7 Å². The Balaban J connectivity index is 2.31. The first kappa shape index (κ1) is 17.7. The van der Waals surface area contributed by atoms with Crippen LogP contribution in [-0.4, -0.2) is 53.3 Å². The summed E-state index contributed by atoms with van der Waals surface area (Å²) < 4.78 is 23.4. The Kier molecular flexibility index (Phi) is 4.21. The molecule has 0 aromatic rings. The Morgan fingerprint density at radius 3 is 2.43 bits per heavy atom. The lowest BCUT2D eigenvalue weighted by Gasteiger charge is -2.37. The van der Waals surface area contributed by atoms with Crippen LogP contribution in [0.15, 0.2) is 0 Å². The van der Waals surface area contributed by atoms with E-state index in [-0.39, 0.29) is 12.3 Å². The van der Waals surface area contributed by atoms with E-state index in [9.17, 15) is 27.9 Å². The van der Waals surface area contributed by atoms with E-state index >= 15 is 0 Å². The van der Waals surface area contributed by atoms with Crippen LogP contribution in [-0.2, 0) is 24.2 Å². The van der Waals surface area contributed by atoms with Gasteiger partial charge in [0.25, 0.3) is 0 Å². The van der Waals surface area contributed by atoms with Crippen molar-refractivity contribution in [3.63, 3.8) is 0 Å². The van der Waals surface area contributed by atoms with Gasteiger partial charge in [-0.1, -0.05) is 20.3 Å². The van der Waals surface area contributed by atoms with E-state index in [1.807, 2.05) is 0 Å². The number of β-lactam (4-membered cyclic amide) rings is 1. The van der Waals surface area contributed by atoms with Crippen molar-refractivity contribution < 1.29 is 27.9 Å². The van der Waals surface area contributed by atoms with Gasteiger partial charge in [0.2, 0.25) is 11.8 Å². The maximum Gasteiger partial charge on any atom is 0.245 e.